The number of nitrogens with one attached hydrogen (secondary N) is 1. The highest BCUT2D eigenvalue weighted by Crippen LogP contribution is 2.29. The lowest BCUT2D eigenvalue weighted by molar-refractivity contribution is -0.113. The van der Waals surface area contributed by atoms with Crippen molar-refractivity contribution in [2.45, 2.75) is 57.8 Å². The summed E-state index contributed by atoms with van der Waals surface area (Å²) >= 11 is 1.31. The maximum Gasteiger partial charge on any atom is 0.234 e. The highest BCUT2D eigenvalue weighted by atomic mass is 32.2. The van der Waals surface area contributed by atoms with E-state index in [0.29, 0.717) is 16.9 Å². The van der Waals surface area contributed by atoms with Crippen LogP contribution in [0.1, 0.15) is 64.1 Å². The van der Waals surface area contributed by atoms with Crippen LogP contribution in [0, 0.1) is 5.82 Å². The molecule has 3 aromatic rings. The molecule has 170 valence electrons. The van der Waals surface area contributed by atoms with Crippen LogP contribution in [0.2, 0.25) is 0 Å². The number of para-hydroxylation sites is 2. The molecule has 1 N–H and O–H groups in total. The van der Waals surface area contributed by atoms with Crippen molar-refractivity contribution in [3.05, 3.63) is 65.7 Å². The van der Waals surface area contributed by atoms with Gasteiger partial charge in [0.15, 0.2) is 28.7 Å². The summed E-state index contributed by atoms with van der Waals surface area (Å²) in [7, 11) is 0. The Morgan fingerprint density at radius 3 is 2.44 bits per heavy atom. The van der Waals surface area contributed by atoms with E-state index in [1.165, 1.54) is 17.8 Å². The minimum absolute atomic E-state index is 0.0406. The average Bonchev–Trinajstić information content (AvgIpc) is 3.18. The molecule has 8 heteroatoms. The number of benzene rings is 2. The van der Waals surface area contributed by atoms with Crippen molar-refractivity contribution in [1.29, 1.82) is 0 Å². The average molecular weight is 457 g/mol. The molecule has 1 amide bonds. The predicted octanol–water partition coefficient (Wildman–Crippen LogP) is 5.99. The fourth-order valence-electron chi connectivity index (χ4n) is 3.36. The zero-order valence-electron chi connectivity index (χ0n) is 19.0. The van der Waals surface area contributed by atoms with Crippen LogP contribution >= 0.6 is 11.8 Å². The third-order valence-corrected chi connectivity index (χ3v) is 5.84. The van der Waals surface area contributed by atoms with Gasteiger partial charge in [0.2, 0.25) is 5.91 Å². The van der Waals surface area contributed by atoms with E-state index in [9.17, 15) is 9.18 Å². The second-order valence-electron chi connectivity index (χ2n) is 8.07. The first kappa shape index (κ1) is 23.8. The van der Waals surface area contributed by atoms with Gasteiger partial charge >= 0.3 is 0 Å². The standard InChI is InChI=1S/C24H29FN4O2S/c1-15(2)18-10-6-8-12-20(18)26-22(30)14-32-24-28-27-23(29(24)16(3)4)17(5)31-21-13-9-7-11-19(21)25/h6-13,15-17H,14H2,1-5H3,(H,26,30). The van der Waals surface area contributed by atoms with Crippen LogP contribution in [0.5, 0.6) is 5.75 Å². The van der Waals surface area contributed by atoms with Gasteiger partial charge in [-0.1, -0.05) is 55.9 Å². The first-order chi connectivity index (χ1) is 15.3. The number of ether oxygens (including phenoxy) is 1. The highest BCUT2D eigenvalue weighted by Gasteiger charge is 2.23. The molecular weight excluding hydrogens is 427 g/mol. The molecule has 0 saturated heterocycles. The molecule has 1 atom stereocenters. The third kappa shape index (κ3) is 5.68. The lowest BCUT2D eigenvalue weighted by atomic mass is 10.0. The normalized spacial score (nSPS) is 12.2. The van der Waals surface area contributed by atoms with E-state index in [0.717, 1.165) is 11.3 Å². The van der Waals surface area contributed by atoms with E-state index in [2.05, 4.69) is 29.4 Å². The van der Waals surface area contributed by atoms with Gasteiger partial charge in [0.1, 0.15) is 0 Å². The Morgan fingerprint density at radius 1 is 1.06 bits per heavy atom. The molecule has 0 aliphatic heterocycles. The largest absolute Gasteiger partial charge is 0.480 e. The lowest BCUT2D eigenvalue weighted by Gasteiger charge is -2.19. The summed E-state index contributed by atoms with van der Waals surface area (Å²) < 4.78 is 21.7. The molecule has 6 nitrogen and oxygen atoms in total. The van der Waals surface area contributed by atoms with E-state index in [1.807, 2.05) is 42.7 Å². The Morgan fingerprint density at radius 2 is 1.75 bits per heavy atom. The number of carbonyl (C=O) groups is 1. The number of rotatable bonds is 9. The Bertz CT molecular complexity index is 1070. The highest BCUT2D eigenvalue weighted by molar-refractivity contribution is 7.99. The van der Waals surface area contributed by atoms with Crippen LogP contribution in [0.3, 0.4) is 0 Å². The minimum atomic E-state index is -0.511. The van der Waals surface area contributed by atoms with Crippen LogP contribution in [-0.2, 0) is 4.79 Å². The van der Waals surface area contributed by atoms with Gasteiger partial charge < -0.3 is 14.6 Å². The minimum Gasteiger partial charge on any atom is -0.480 e. The number of anilines is 1. The van der Waals surface area contributed by atoms with Gasteiger partial charge in [-0.05, 0) is 50.5 Å². The van der Waals surface area contributed by atoms with E-state index in [4.69, 9.17) is 4.74 Å². The SMILES string of the molecule is CC(C)c1ccccc1NC(=O)CSc1nnc(C(C)Oc2ccccc2F)n1C(C)C. The molecule has 0 radical (unpaired) electrons. The molecule has 2 aromatic carbocycles. The van der Waals surface area contributed by atoms with Crippen LogP contribution in [0.25, 0.3) is 0 Å². The van der Waals surface area contributed by atoms with E-state index < -0.39 is 11.9 Å². The van der Waals surface area contributed by atoms with Crippen molar-refractivity contribution < 1.29 is 13.9 Å². The monoisotopic (exact) mass is 456 g/mol. The number of aromatic nitrogens is 3. The van der Waals surface area contributed by atoms with Gasteiger partial charge in [0, 0.05) is 11.7 Å². The first-order valence-electron chi connectivity index (χ1n) is 10.7. The van der Waals surface area contributed by atoms with E-state index in [-0.39, 0.29) is 23.5 Å². The first-order valence-corrected chi connectivity index (χ1v) is 11.6. The summed E-state index contributed by atoms with van der Waals surface area (Å²) in [5.74, 6) is 0.704. The second kappa shape index (κ2) is 10.6. The zero-order chi connectivity index (χ0) is 23.3. The number of carbonyl (C=O) groups excluding carboxylic acids is 1. The number of hydrogen-bond acceptors (Lipinski definition) is 5. The molecule has 1 heterocycles. The summed E-state index contributed by atoms with van der Waals surface area (Å²) in [5, 5.41) is 12.2. The fraction of sp³-hybridized carbons (Fsp3) is 0.375. The Labute approximate surface area is 192 Å². The summed E-state index contributed by atoms with van der Waals surface area (Å²) in [6.45, 7) is 10.0. The number of thioether (sulfide) groups is 1. The van der Waals surface area contributed by atoms with Crippen molar-refractivity contribution in [3.8, 4) is 5.75 Å². The summed E-state index contributed by atoms with van der Waals surface area (Å²) in [6.07, 6.45) is -0.511. The summed E-state index contributed by atoms with van der Waals surface area (Å²) in [4.78, 5) is 12.6. The van der Waals surface area contributed by atoms with Crippen molar-refractivity contribution >= 4 is 23.4 Å². The molecule has 32 heavy (non-hydrogen) atoms. The maximum atomic E-state index is 14.0. The molecule has 0 saturated carbocycles. The van der Waals surface area contributed by atoms with Crippen LogP contribution < -0.4 is 10.1 Å². The molecule has 1 aromatic heterocycles. The zero-order valence-corrected chi connectivity index (χ0v) is 19.8. The molecule has 0 aliphatic carbocycles. The summed E-state index contributed by atoms with van der Waals surface area (Å²) in [6, 6.07) is 14.1. The smallest absolute Gasteiger partial charge is 0.234 e. The van der Waals surface area contributed by atoms with Gasteiger partial charge in [-0.15, -0.1) is 10.2 Å². The Hall–Kier alpha value is -2.87. The van der Waals surface area contributed by atoms with Gasteiger partial charge in [-0.25, -0.2) is 4.39 Å². The Kier molecular flexibility index (Phi) is 7.90. The molecule has 0 aliphatic rings. The van der Waals surface area contributed by atoms with Gasteiger partial charge in [0.05, 0.1) is 5.75 Å². The van der Waals surface area contributed by atoms with Crippen molar-refractivity contribution in [3.63, 3.8) is 0 Å². The van der Waals surface area contributed by atoms with Gasteiger partial charge in [-0.3, -0.25) is 4.79 Å². The van der Waals surface area contributed by atoms with Crippen molar-refractivity contribution in [2.24, 2.45) is 0 Å². The molecular formula is C24H29FN4O2S. The fourth-order valence-corrected chi connectivity index (χ4v) is 4.24. The summed E-state index contributed by atoms with van der Waals surface area (Å²) in [5.41, 5.74) is 1.92. The predicted molar refractivity (Wildman–Crippen MR) is 126 cm³/mol. The molecule has 0 bridgehead atoms. The van der Waals surface area contributed by atoms with Crippen molar-refractivity contribution in [1.82, 2.24) is 14.8 Å². The van der Waals surface area contributed by atoms with Gasteiger partial charge in [-0.2, -0.15) is 0 Å². The lowest BCUT2D eigenvalue weighted by Crippen LogP contribution is -2.17. The number of hydrogen-bond donors (Lipinski definition) is 1. The second-order valence-corrected chi connectivity index (χ2v) is 9.02. The molecule has 0 fully saturated rings. The van der Waals surface area contributed by atoms with Gasteiger partial charge in [0.25, 0.3) is 0 Å². The molecule has 0 spiro atoms. The van der Waals surface area contributed by atoms with E-state index in [1.54, 1.807) is 25.1 Å². The molecule has 3 rings (SSSR count). The third-order valence-electron chi connectivity index (χ3n) is 4.90. The number of halogens is 1. The maximum absolute atomic E-state index is 14.0. The topological polar surface area (TPSA) is 69.0 Å². The van der Waals surface area contributed by atoms with Crippen LogP contribution in [0.15, 0.2) is 53.7 Å². The van der Waals surface area contributed by atoms with Crippen LogP contribution in [0.4, 0.5) is 10.1 Å². The van der Waals surface area contributed by atoms with Crippen molar-refractivity contribution in [2.75, 3.05) is 11.1 Å². The number of nitrogens with zero attached hydrogens (tertiary/aromatic N) is 3. The molecule has 1 unspecified atom stereocenters. The quantitative estimate of drug-likeness (QED) is 0.400. The van der Waals surface area contributed by atoms with E-state index >= 15 is 0 Å². The Balaban J connectivity index is 1.70. The number of amides is 1. The van der Waals surface area contributed by atoms with Crippen LogP contribution in [-0.4, -0.2) is 26.4 Å².